The Kier molecular flexibility index (Phi) is 4.23. The Balaban J connectivity index is 2.32. The lowest BCUT2D eigenvalue weighted by Gasteiger charge is -2.07. The number of halogens is 1. The maximum Gasteiger partial charge on any atom is 0.187 e. The number of carbonyl (C=O) groups excluding carboxylic acids is 1. The molecule has 5 heteroatoms. The van der Waals surface area contributed by atoms with E-state index in [4.69, 9.17) is 11.6 Å². The molecule has 0 atom stereocenters. The zero-order valence-electron chi connectivity index (χ0n) is 12.2. The molecule has 4 nitrogen and oxygen atoms in total. The van der Waals surface area contributed by atoms with Crippen LogP contribution in [0.4, 0.5) is 0 Å². The van der Waals surface area contributed by atoms with Crippen LogP contribution in [0.1, 0.15) is 39.9 Å². The van der Waals surface area contributed by atoms with Gasteiger partial charge in [-0.05, 0) is 38.8 Å². The molecule has 0 aromatic carbocycles. The molecule has 0 saturated carbocycles. The smallest absolute Gasteiger partial charge is 0.187 e. The molecule has 0 bridgehead atoms. The molecule has 0 radical (unpaired) electrons. The highest BCUT2D eigenvalue weighted by Crippen LogP contribution is 2.22. The van der Waals surface area contributed by atoms with Crippen LogP contribution in [0.2, 0.25) is 5.02 Å². The van der Waals surface area contributed by atoms with Crippen LogP contribution in [0.15, 0.2) is 12.3 Å². The zero-order valence-corrected chi connectivity index (χ0v) is 13.0. The van der Waals surface area contributed by atoms with E-state index in [9.17, 15) is 4.79 Å². The van der Waals surface area contributed by atoms with E-state index in [1.54, 1.807) is 10.9 Å². The van der Waals surface area contributed by atoms with Gasteiger partial charge in [0, 0.05) is 12.7 Å². The van der Waals surface area contributed by atoms with Gasteiger partial charge >= 0.3 is 0 Å². The number of aryl methyl sites for hydroxylation is 4. The largest absolute Gasteiger partial charge is 0.292 e. The lowest BCUT2D eigenvalue weighted by molar-refractivity contribution is 0.0985. The van der Waals surface area contributed by atoms with Gasteiger partial charge in [0.15, 0.2) is 5.78 Å². The third-order valence-corrected chi connectivity index (χ3v) is 3.75. The van der Waals surface area contributed by atoms with Gasteiger partial charge in [0.1, 0.15) is 5.69 Å². The summed E-state index contributed by atoms with van der Waals surface area (Å²) >= 11 is 6.23. The molecule has 20 heavy (non-hydrogen) atoms. The molecule has 2 rings (SSSR count). The molecule has 0 unspecified atom stereocenters. The number of carbonyl (C=O) groups is 1. The summed E-state index contributed by atoms with van der Waals surface area (Å²) in [5.41, 5.74) is 3.97. The van der Waals surface area contributed by atoms with Crippen LogP contribution in [0, 0.1) is 20.8 Å². The van der Waals surface area contributed by atoms with Crippen molar-refractivity contribution in [1.82, 2.24) is 14.8 Å². The summed E-state index contributed by atoms with van der Waals surface area (Å²) in [5.74, 6) is -0.0287. The molecule has 0 aliphatic heterocycles. The molecule has 0 amide bonds. The van der Waals surface area contributed by atoms with Crippen LogP contribution in [0.3, 0.4) is 0 Å². The van der Waals surface area contributed by atoms with Crippen LogP contribution in [0.5, 0.6) is 0 Å². The first-order valence-corrected chi connectivity index (χ1v) is 7.00. The summed E-state index contributed by atoms with van der Waals surface area (Å²) in [6, 6.07) is 1.96. The topological polar surface area (TPSA) is 47.8 Å². The van der Waals surface area contributed by atoms with E-state index in [1.165, 1.54) is 0 Å². The van der Waals surface area contributed by atoms with Crippen molar-refractivity contribution in [3.05, 3.63) is 45.5 Å². The maximum atomic E-state index is 12.4. The average molecular weight is 292 g/mol. The van der Waals surface area contributed by atoms with Crippen LogP contribution in [0.25, 0.3) is 0 Å². The number of ketones is 1. The molecule has 0 aliphatic carbocycles. The highest BCUT2D eigenvalue weighted by atomic mass is 35.5. The molecular weight excluding hydrogens is 274 g/mol. The second kappa shape index (κ2) is 5.75. The van der Waals surface area contributed by atoms with E-state index in [1.807, 2.05) is 33.8 Å². The van der Waals surface area contributed by atoms with Crippen LogP contribution in [-0.4, -0.2) is 20.5 Å². The first kappa shape index (κ1) is 14.7. The molecular formula is C15H18ClN3O. The number of pyridine rings is 1. The standard InChI is InChI=1S/C15H18ClN3O/c1-5-19-12(14(16)11(4)18-19)7-13(20)15-10(3)6-9(2)8-17-15/h6,8H,5,7H2,1-4H3. The Morgan fingerprint density at radius 2 is 2.05 bits per heavy atom. The Labute approximate surface area is 123 Å². The van der Waals surface area contributed by atoms with Gasteiger partial charge < -0.3 is 0 Å². The Morgan fingerprint density at radius 3 is 2.65 bits per heavy atom. The zero-order chi connectivity index (χ0) is 14.9. The summed E-state index contributed by atoms with van der Waals surface area (Å²) in [7, 11) is 0. The summed E-state index contributed by atoms with van der Waals surface area (Å²) in [4.78, 5) is 16.7. The van der Waals surface area contributed by atoms with Gasteiger partial charge in [-0.15, -0.1) is 0 Å². The minimum absolute atomic E-state index is 0.0287. The predicted octanol–water partition coefficient (Wildman–Crippen LogP) is 3.30. The number of Topliss-reactive ketones (excluding diaryl/α,β-unsaturated/α-hetero) is 1. The molecule has 0 N–H and O–H groups in total. The van der Waals surface area contributed by atoms with Gasteiger partial charge in [0.25, 0.3) is 0 Å². The van der Waals surface area contributed by atoms with Crippen molar-refractivity contribution in [3.8, 4) is 0 Å². The minimum Gasteiger partial charge on any atom is -0.292 e. The number of aromatic nitrogens is 3. The van der Waals surface area contributed by atoms with Crippen molar-refractivity contribution >= 4 is 17.4 Å². The fraction of sp³-hybridized carbons (Fsp3) is 0.400. The lowest BCUT2D eigenvalue weighted by atomic mass is 10.1. The van der Waals surface area contributed by atoms with E-state index < -0.39 is 0 Å². The molecule has 2 heterocycles. The van der Waals surface area contributed by atoms with Crippen LogP contribution >= 0.6 is 11.6 Å². The first-order chi connectivity index (χ1) is 9.43. The van der Waals surface area contributed by atoms with Gasteiger partial charge in [0.2, 0.25) is 0 Å². The van der Waals surface area contributed by atoms with E-state index in [0.717, 1.165) is 22.5 Å². The minimum atomic E-state index is -0.0287. The third-order valence-electron chi connectivity index (χ3n) is 3.26. The number of rotatable bonds is 4. The van der Waals surface area contributed by atoms with E-state index in [-0.39, 0.29) is 12.2 Å². The van der Waals surface area contributed by atoms with Gasteiger partial charge in [-0.25, -0.2) is 0 Å². The summed E-state index contributed by atoms with van der Waals surface area (Å²) in [6.45, 7) is 8.37. The molecule has 106 valence electrons. The highest BCUT2D eigenvalue weighted by Gasteiger charge is 2.18. The van der Waals surface area contributed by atoms with E-state index >= 15 is 0 Å². The summed E-state index contributed by atoms with van der Waals surface area (Å²) in [6.07, 6.45) is 1.94. The predicted molar refractivity (Wildman–Crippen MR) is 79.4 cm³/mol. The normalized spacial score (nSPS) is 10.8. The van der Waals surface area contributed by atoms with Crippen molar-refractivity contribution in [2.75, 3.05) is 0 Å². The molecule has 2 aromatic heterocycles. The van der Waals surface area contributed by atoms with Gasteiger partial charge in [-0.1, -0.05) is 17.7 Å². The molecule has 2 aromatic rings. The fourth-order valence-corrected chi connectivity index (χ4v) is 2.48. The van der Waals surface area contributed by atoms with E-state index in [2.05, 4.69) is 10.1 Å². The molecule has 0 spiro atoms. The molecule has 0 saturated heterocycles. The SMILES string of the molecule is CCn1nc(C)c(Cl)c1CC(=O)c1ncc(C)cc1C. The Bertz CT molecular complexity index is 661. The average Bonchev–Trinajstić information content (AvgIpc) is 2.66. The lowest BCUT2D eigenvalue weighted by Crippen LogP contribution is -2.12. The Morgan fingerprint density at radius 1 is 1.35 bits per heavy atom. The van der Waals surface area contributed by atoms with Crippen molar-refractivity contribution in [2.24, 2.45) is 0 Å². The summed E-state index contributed by atoms with van der Waals surface area (Å²) < 4.78 is 1.78. The van der Waals surface area contributed by atoms with Crippen molar-refractivity contribution < 1.29 is 4.79 Å². The second-order valence-electron chi connectivity index (χ2n) is 4.94. The molecule has 0 fully saturated rings. The fourth-order valence-electron chi connectivity index (χ4n) is 2.28. The van der Waals surface area contributed by atoms with Gasteiger partial charge in [0.05, 0.1) is 22.8 Å². The number of nitrogens with zero attached hydrogens (tertiary/aromatic N) is 3. The van der Waals surface area contributed by atoms with Gasteiger partial charge in [-0.3, -0.25) is 14.5 Å². The van der Waals surface area contributed by atoms with Gasteiger partial charge in [-0.2, -0.15) is 5.10 Å². The third kappa shape index (κ3) is 2.75. The van der Waals surface area contributed by atoms with E-state index in [0.29, 0.717) is 17.3 Å². The second-order valence-corrected chi connectivity index (χ2v) is 5.32. The number of hydrogen-bond acceptors (Lipinski definition) is 3. The van der Waals surface area contributed by atoms with Crippen LogP contribution in [-0.2, 0) is 13.0 Å². The maximum absolute atomic E-state index is 12.4. The first-order valence-electron chi connectivity index (χ1n) is 6.62. The molecule has 0 aliphatic rings. The Hall–Kier alpha value is -1.68. The van der Waals surface area contributed by atoms with Crippen LogP contribution < -0.4 is 0 Å². The van der Waals surface area contributed by atoms with Crippen molar-refractivity contribution in [2.45, 2.75) is 40.7 Å². The highest BCUT2D eigenvalue weighted by molar-refractivity contribution is 6.32. The van der Waals surface area contributed by atoms with Crippen molar-refractivity contribution in [1.29, 1.82) is 0 Å². The monoisotopic (exact) mass is 291 g/mol. The number of hydrogen-bond donors (Lipinski definition) is 0. The summed E-state index contributed by atoms with van der Waals surface area (Å²) in [5, 5.41) is 4.90. The quantitative estimate of drug-likeness (QED) is 0.812. The van der Waals surface area contributed by atoms with Crippen molar-refractivity contribution in [3.63, 3.8) is 0 Å².